The minimum absolute atomic E-state index is 0.610. The van der Waals surface area contributed by atoms with Gasteiger partial charge in [-0.1, -0.05) is 46.3 Å². The summed E-state index contributed by atoms with van der Waals surface area (Å²) in [7, 11) is 0. The smallest absolute Gasteiger partial charge is 0.0321 e. The maximum absolute atomic E-state index is 4.39. The normalized spacial score (nSPS) is 27.1. The first-order valence-electron chi connectivity index (χ1n) is 5.31. The van der Waals surface area contributed by atoms with Gasteiger partial charge in [-0.25, -0.2) is 0 Å². The molecule has 2 unspecified atom stereocenters. The van der Waals surface area contributed by atoms with Crippen molar-refractivity contribution in [2.75, 3.05) is 18.8 Å². The molecule has 0 N–H and O–H groups in total. The van der Waals surface area contributed by atoms with Crippen molar-refractivity contribution >= 4 is 28.6 Å². The highest BCUT2D eigenvalue weighted by Gasteiger charge is 2.29. The number of rotatable bonds is 3. The summed E-state index contributed by atoms with van der Waals surface area (Å²) in [5, 5.41) is 0. The highest BCUT2D eigenvalue weighted by molar-refractivity contribution is 9.09. The summed E-state index contributed by atoms with van der Waals surface area (Å²) >= 11 is 8.11. The number of hydrogen-bond donors (Lipinski definition) is 1. The van der Waals surface area contributed by atoms with Crippen LogP contribution in [0.1, 0.15) is 5.56 Å². The Bertz CT molecular complexity index is 304. The maximum Gasteiger partial charge on any atom is 0.0321 e. The van der Waals surface area contributed by atoms with E-state index >= 15 is 0 Å². The van der Waals surface area contributed by atoms with Crippen LogP contribution >= 0.6 is 28.6 Å². The first-order chi connectivity index (χ1) is 7.29. The van der Waals surface area contributed by atoms with Gasteiger partial charge in [0.25, 0.3) is 0 Å². The fraction of sp³-hybridized carbons (Fsp3) is 0.500. The van der Waals surface area contributed by atoms with Crippen molar-refractivity contribution in [3.63, 3.8) is 0 Å². The molecule has 0 saturated carbocycles. The standard InChI is InChI=1S/C12H16BrNS/c13-12-8-14(7-11(12)9-15)6-10-4-2-1-3-5-10/h1-5,11-12,15H,6-9H2. The average Bonchev–Trinajstić information content (AvgIpc) is 2.60. The quantitative estimate of drug-likeness (QED) is 0.660. The van der Waals surface area contributed by atoms with Crippen molar-refractivity contribution < 1.29 is 0 Å². The molecule has 15 heavy (non-hydrogen) atoms. The van der Waals surface area contributed by atoms with Gasteiger partial charge in [-0.05, 0) is 17.2 Å². The number of hydrogen-bond acceptors (Lipinski definition) is 2. The number of thiol groups is 1. The highest BCUT2D eigenvalue weighted by Crippen LogP contribution is 2.25. The van der Waals surface area contributed by atoms with E-state index in [1.165, 1.54) is 5.56 Å². The van der Waals surface area contributed by atoms with Crippen LogP contribution in [0, 0.1) is 5.92 Å². The Hall–Kier alpha value is 0.01000. The van der Waals surface area contributed by atoms with Crippen LogP contribution in [-0.4, -0.2) is 28.6 Å². The molecular weight excluding hydrogens is 270 g/mol. The molecule has 0 aromatic heterocycles. The summed E-state index contributed by atoms with van der Waals surface area (Å²) < 4.78 is 0. The van der Waals surface area contributed by atoms with Crippen LogP contribution in [0.5, 0.6) is 0 Å². The van der Waals surface area contributed by atoms with Gasteiger partial charge < -0.3 is 0 Å². The van der Waals surface area contributed by atoms with E-state index in [9.17, 15) is 0 Å². The average molecular weight is 286 g/mol. The predicted molar refractivity (Wildman–Crippen MR) is 71.8 cm³/mol. The maximum atomic E-state index is 4.39. The summed E-state index contributed by atoms with van der Waals surface area (Å²) in [5.74, 6) is 1.67. The zero-order valence-corrected chi connectivity index (χ0v) is 11.1. The summed E-state index contributed by atoms with van der Waals surface area (Å²) in [6.45, 7) is 3.36. The second-order valence-electron chi connectivity index (χ2n) is 4.14. The van der Waals surface area contributed by atoms with Gasteiger partial charge in [0, 0.05) is 24.5 Å². The van der Waals surface area contributed by atoms with E-state index in [0.29, 0.717) is 10.7 Å². The van der Waals surface area contributed by atoms with E-state index in [1.54, 1.807) is 0 Å². The number of likely N-dealkylation sites (tertiary alicyclic amines) is 1. The SMILES string of the molecule is SCC1CN(Cc2ccccc2)CC1Br. The fourth-order valence-corrected chi connectivity index (χ4v) is 3.48. The Balaban J connectivity index is 1.92. The van der Waals surface area contributed by atoms with Crippen LogP contribution in [0.15, 0.2) is 30.3 Å². The number of alkyl halides is 1. The van der Waals surface area contributed by atoms with Crippen molar-refractivity contribution in [2.24, 2.45) is 5.92 Å². The van der Waals surface area contributed by atoms with Crippen LogP contribution in [0.2, 0.25) is 0 Å². The molecule has 0 amide bonds. The largest absolute Gasteiger partial charge is 0.298 e. The van der Waals surface area contributed by atoms with Crippen molar-refractivity contribution in [1.29, 1.82) is 0 Å². The minimum atomic E-state index is 0.610. The Morgan fingerprint density at radius 1 is 1.27 bits per heavy atom. The minimum Gasteiger partial charge on any atom is -0.298 e. The molecule has 0 bridgehead atoms. The van der Waals surface area contributed by atoms with Crippen LogP contribution in [0.25, 0.3) is 0 Å². The molecule has 2 rings (SSSR count). The number of benzene rings is 1. The van der Waals surface area contributed by atoms with E-state index in [1.807, 2.05) is 0 Å². The molecule has 0 aliphatic carbocycles. The van der Waals surface area contributed by atoms with Gasteiger partial charge in [0.2, 0.25) is 0 Å². The van der Waals surface area contributed by atoms with Crippen molar-refractivity contribution in [3.8, 4) is 0 Å². The zero-order chi connectivity index (χ0) is 10.7. The lowest BCUT2D eigenvalue weighted by Gasteiger charge is -2.15. The lowest BCUT2D eigenvalue weighted by Crippen LogP contribution is -2.20. The first kappa shape index (κ1) is 11.5. The molecule has 1 aliphatic rings. The number of halogens is 1. The van der Waals surface area contributed by atoms with Crippen LogP contribution in [-0.2, 0) is 6.54 Å². The highest BCUT2D eigenvalue weighted by atomic mass is 79.9. The lowest BCUT2D eigenvalue weighted by molar-refractivity contribution is 0.321. The molecule has 1 aliphatic heterocycles. The Kier molecular flexibility index (Phi) is 4.12. The molecule has 1 aromatic rings. The van der Waals surface area contributed by atoms with Crippen LogP contribution in [0.4, 0.5) is 0 Å². The van der Waals surface area contributed by atoms with Crippen LogP contribution in [0.3, 0.4) is 0 Å². The third kappa shape index (κ3) is 2.99. The number of nitrogens with zero attached hydrogens (tertiary/aromatic N) is 1. The van der Waals surface area contributed by atoms with Crippen LogP contribution < -0.4 is 0 Å². The van der Waals surface area contributed by atoms with Crippen molar-refractivity contribution in [1.82, 2.24) is 4.90 Å². The van der Waals surface area contributed by atoms with Gasteiger partial charge >= 0.3 is 0 Å². The molecule has 82 valence electrons. The van der Waals surface area contributed by atoms with E-state index < -0.39 is 0 Å². The molecule has 0 radical (unpaired) electrons. The molecule has 3 heteroatoms. The summed E-state index contributed by atoms with van der Waals surface area (Å²) in [6.07, 6.45) is 0. The van der Waals surface area contributed by atoms with E-state index in [4.69, 9.17) is 0 Å². The van der Waals surface area contributed by atoms with E-state index in [0.717, 1.165) is 25.4 Å². The van der Waals surface area contributed by atoms with Gasteiger partial charge in [-0.2, -0.15) is 12.6 Å². The third-order valence-electron chi connectivity index (χ3n) is 2.92. The Morgan fingerprint density at radius 3 is 2.60 bits per heavy atom. The molecule has 0 spiro atoms. The zero-order valence-electron chi connectivity index (χ0n) is 8.64. The van der Waals surface area contributed by atoms with E-state index in [2.05, 4.69) is 63.8 Å². The molecule has 1 aromatic carbocycles. The lowest BCUT2D eigenvalue weighted by atomic mass is 10.1. The van der Waals surface area contributed by atoms with Gasteiger partial charge in [0.15, 0.2) is 0 Å². The fourth-order valence-electron chi connectivity index (χ4n) is 2.06. The first-order valence-corrected chi connectivity index (χ1v) is 6.85. The van der Waals surface area contributed by atoms with E-state index in [-0.39, 0.29) is 0 Å². The second kappa shape index (κ2) is 5.37. The monoisotopic (exact) mass is 285 g/mol. The molecule has 2 atom stereocenters. The van der Waals surface area contributed by atoms with Gasteiger partial charge in [0.05, 0.1) is 0 Å². The second-order valence-corrected chi connectivity index (χ2v) is 5.68. The third-order valence-corrected chi connectivity index (χ3v) is 4.43. The van der Waals surface area contributed by atoms with Crippen molar-refractivity contribution in [3.05, 3.63) is 35.9 Å². The van der Waals surface area contributed by atoms with Gasteiger partial charge in [-0.3, -0.25) is 4.90 Å². The van der Waals surface area contributed by atoms with Crippen molar-refractivity contribution in [2.45, 2.75) is 11.4 Å². The summed E-state index contributed by atoms with van der Waals surface area (Å²) in [4.78, 5) is 3.11. The molecular formula is C12H16BrNS. The molecule has 1 saturated heterocycles. The summed E-state index contributed by atoms with van der Waals surface area (Å²) in [5.41, 5.74) is 1.40. The van der Waals surface area contributed by atoms with Gasteiger partial charge in [-0.15, -0.1) is 0 Å². The molecule has 1 fully saturated rings. The summed E-state index contributed by atoms with van der Waals surface area (Å²) in [6, 6.07) is 10.7. The molecule has 1 heterocycles. The molecule has 1 nitrogen and oxygen atoms in total. The topological polar surface area (TPSA) is 3.24 Å². The Labute approximate surface area is 105 Å². The van der Waals surface area contributed by atoms with Gasteiger partial charge in [0.1, 0.15) is 0 Å². The predicted octanol–water partition coefficient (Wildman–Crippen LogP) is 2.81. The Morgan fingerprint density at radius 2 is 2.00 bits per heavy atom.